The third-order valence-electron chi connectivity index (χ3n) is 2.31. The van der Waals surface area contributed by atoms with Crippen LogP contribution in [0.4, 0.5) is 0 Å². The molecule has 1 saturated heterocycles. The number of hydrogen-bond acceptors (Lipinski definition) is 5. The van der Waals surface area contributed by atoms with Crippen LogP contribution in [0.5, 0.6) is 0 Å². The van der Waals surface area contributed by atoms with Gasteiger partial charge in [-0.15, -0.1) is 0 Å². The first-order valence-electron chi connectivity index (χ1n) is 5.18. The monoisotopic (exact) mass is 356 g/mol. The van der Waals surface area contributed by atoms with Gasteiger partial charge in [-0.3, -0.25) is 9.69 Å². The molecule has 1 fully saturated rings. The van der Waals surface area contributed by atoms with Crippen molar-refractivity contribution in [3.05, 3.63) is 39.2 Å². The number of carboxylic acid groups (broad SMARTS) is 1. The molecule has 1 heterocycles. The SMILES string of the molecule is O=C([O-])CN1C(=O)C(=Cc2cccc(Br)c2)SC1=S. The molecule has 0 unspecified atom stereocenters. The van der Waals surface area contributed by atoms with E-state index in [4.69, 9.17) is 12.2 Å². The van der Waals surface area contributed by atoms with Crippen molar-refractivity contribution in [2.24, 2.45) is 0 Å². The smallest absolute Gasteiger partial charge is 0.266 e. The van der Waals surface area contributed by atoms with Crippen LogP contribution in [0.25, 0.3) is 6.08 Å². The summed E-state index contributed by atoms with van der Waals surface area (Å²) in [5.74, 6) is -1.74. The van der Waals surface area contributed by atoms with Gasteiger partial charge in [0.1, 0.15) is 4.32 Å². The Morgan fingerprint density at radius 1 is 1.53 bits per heavy atom. The summed E-state index contributed by atoms with van der Waals surface area (Å²) >= 11 is 9.41. The van der Waals surface area contributed by atoms with Crippen LogP contribution >= 0.6 is 39.9 Å². The molecule has 0 aromatic heterocycles. The highest BCUT2D eigenvalue weighted by atomic mass is 79.9. The van der Waals surface area contributed by atoms with Gasteiger partial charge in [0.2, 0.25) is 0 Å². The highest BCUT2D eigenvalue weighted by Crippen LogP contribution is 2.32. The van der Waals surface area contributed by atoms with E-state index in [-0.39, 0.29) is 4.32 Å². The number of benzene rings is 1. The second-order valence-corrected chi connectivity index (χ2v) is 6.29. The van der Waals surface area contributed by atoms with Crippen molar-refractivity contribution in [3.8, 4) is 0 Å². The van der Waals surface area contributed by atoms with Crippen LogP contribution in [0.3, 0.4) is 0 Å². The Balaban J connectivity index is 2.25. The zero-order valence-corrected chi connectivity index (χ0v) is 12.7. The molecule has 7 heteroatoms. The summed E-state index contributed by atoms with van der Waals surface area (Å²) < 4.78 is 1.13. The zero-order valence-electron chi connectivity index (χ0n) is 9.46. The number of thiocarbonyl (C=S) groups is 1. The molecule has 1 amide bonds. The second-order valence-electron chi connectivity index (χ2n) is 3.69. The molecule has 0 aliphatic carbocycles. The van der Waals surface area contributed by atoms with Gasteiger partial charge in [0.25, 0.3) is 5.91 Å². The van der Waals surface area contributed by atoms with Gasteiger partial charge in [0.15, 0.2) is 0 Å². The summed E-state index contributed by atoms with van der Waals surface area (Å²) in [5, 5.41) is 10.6. The Bertz CT molecular complexity index is 600. The van der Waals surface area contributed by atoms with Crippen molar-refractivity contribution in [3.63, 3.8) is 0 Å². The van der Waals surface area contributed by atoms with Gasteiger partial charge in [0, 0.05) is 4.47 Å². The van der Waals surface area contributed by atoms with E-state index in [9.17, 15) is 14.7 Å². The Morgan fingerprint density at radius 2 is 2.26 bits per heavy atom. The number of hydrogen-bond donors (Lipinski definition) is 0. The molecule has 2 rings (SSSR count). The quantitative estimate of drug-likeness (QED) is 0.605. The van der Waals surface area contributed by atoms with Crippen LogP contribution < -0.4 is 5.11 Å². The summed E-state index contributed by atoms with van der Waals surface area (Å²) in [6, 6.07) is 7.41. The predicted octanol–water partition coefficient (Wildman–Crippen LogP) is 1.40. The fraction of sp³-hybridized carbons (Fsp3) is 0.0833. The van der Waals surface area contributed by atoms with Gasteiger partial charge in [-0.25, -0.2) is 0 Å². The van der Waals surface area contributed by atoms with Crippen molar-refractivity contribution in [1.82, 2.24) is 4.90 Å². The molecule has 0 bridgehead atoms. The third-order valence-corrected chi connectivity index (χ3v) is 4.18. The Labute approximate surface area is 127 Å². The maximum Gasteiger partial charge on any atom is 0.266 e. The fourth-order valence-corrected chi connectivity index (χ4v) is 3.19. The summed E-state index contributed by atoms with van der Waals surface area (Å²) in [4.78, 5) is 24.0. The molecule has 1 aliphatic rings. The number of rotatable bonds is 3. The molecule has 1 aromatic carbocycles. The lowest BCUT2D eigenvalue weighted by Gasteiger charge is -2.14. The van der Waals surface area contributed by atoms with E-state index in [1.165, 1.54) is 0 Å². The summed E-state index contributed by atoms with van der Waals surface area (Å²) in [5.41, 5.74) is 0.836. The molecular weight excluding hydrogens is 350 g/mol. The molecule has 0 atom stereocenters. The molecule has 98 valence electrons. The van der Waals surface area contributed by atoms with E-state index in [2.05, 4.69) is 15.9 Å². The minimum atomic E-state index is -1.33. The van der Waals surface area contributed by atoms with Crippen LogP contribution in [0.2, 0.25) is 0 Å². The maximum atomic E-state index is 12.0. The minimum Gasteiger partial charge on any atom is -0.548 e. The van der Waals surface area contributed by atoms with Crippen LogP contribution in [0.15, 0.2) is 33.6 Å². The van der Waals surface area contributed by atoms with Gasteiger partial charge in [0.05, 0.1) is 17.4 Å². The number of carbonyl (C=O) groups is 2. The largest absolute Gasteiger partial charge is 0.548 e. The molecule has 19 heavy (non-hydrogen) atoms. The molecule has 1 aromatic rings. The first kappa shape index (κ1) is 14.2. The second kappa shape index (κ2) is 5.85. The van der Waals surface area contributed by atoms with E-state index in [1.54, 1.807) is 6.08 Å². The van der Waals surface area contributed by atoms with E-state index in [1.807, 2.05) is 24.3 Å². The van der Waals surface area contributed by atoms with Crippen LogP contribution in [0, 0.1) is 0 Å². The number of halogens is 1. The zero-order chi connectivity index (χ0) is 14.0. The first-order chi connectivity index (χ1) is 8.97. The summed E-state index contributed by atoms with van der Waals surface area (Å²) in [6.07, 6.45) is 1.68. The van der Waals surface area contributed by atoms with Crippen LogP contribution in [-0.2, 0) is 9.59 Å². The normalized spacial score (nSPS) is 17.3. The molecule has 4 nitrogen and oxygen atoms in total. The molecule has 1 aliphatic heterocycles. The standard InChI is InChI=1S/C12H8BrNO3S2/c13-8-3-1-2-7(4-8)5-9-11(17)14(6-10(15)16)12(18)19-9/h1-5H,6H2,(H,15,16)/p-1. The third kappa shape index (κ3) is 3.43. The lowest BCUT2D eigenvalue weighted by molar-refractivity contribution is -0.305. The van der Waals surface area contributed by atoms with Crippen molar-refractivity contribution in [2.45, 2.75) is 0 Å². The van der Waals surface area contributed by atoms with Crippen LogP contribution in [-0.4, -0.2) is 27.6 Å². The Kier molecular flexibility index (Phi) is 4.38. The molecular formula is C12H7BrNO3S2-. The number of carboxylic acids is 1. The average Bonchev–Trinajstić information content (AvgIpc) is 2.57. The molecule has 0 saturated carbocycles. The van der Waals surface area contributed by atoms with E-state index >= 15 is 0 Å². The van der Waals surface area contributed by atoms with E-state index in [0.29, 0.717) is 4.91 Å². The molecule has 0 spiro atoms. The fourth-order valence-electron chi connectivity index (χ4n) is 1.51. The Morgan fingerprint density at radius 3 is 2.89 bits per heavy atom. The van der Waals surface area contributed by atoms with Gasteiger partial charge >= 0.3 is 0 Å². The first-order valence-corrected chi connectivity index (χ1v) is 7.20. The summed E-state index contributed by atoms with van der Waals surface area (Å²) in [7, 11) is 0. The van der Waals surface area contributed by atoms with Gasteiger partial charge in [-0.2, -0.15) is 0 Å². The number of carbonyl (C=O) groups excluding carboxylic acids is 2. The van der Waals surface area contributed by atoms with E-state index in [0.717, 1.165) is 26.7 Å². The lowest BCUT2D eigenvalue weighted by Crippen LogP contribution is -2.40. The average molecular weight is 357 g/mol. The molecule has 0 radical (unpaired) electrons. The van der Waals surface area contributed by atoms with Gasteiger partial charge in [-0.1, -0.05) is 52.0 Å². The predicted molar refractivity (Wildman–Crippen MR) is 79.0 cm³/mol. The molecule has 0 N–H and O–H groups in total. The highest BCUT2D eigenvalue weighted by molar-refractivity contribution is 9.10. The highest BCUT2D eigenvalue weighted by Gasteiger charge is 2.31. The van der Waals surface area contributed by atoms with Crippen molar-refractivity contribution < 1.29 is 14.7 Å². The van der Waals surface area contributed by atoms with Gasteiger partial charge < -0.3 is 9.90 Å². The Hall–Kier alpha value is -1.18. The maximum absolute atomic E-state index is 12.0. The minimum absolute atomic E-state index is 0.232. The van der Waals surface area contributed by atoms with Crippen molar-refractivity contribution in [1.29, 1.82) is 0 Å². The van der Waals surface area contributed by atoms with Crippen molar-refractivity contribution >= 4 is 62.2 Å². The number of thioether (sulfide) groups is 1. The number of amides is 1. The van der Waals surface area contributed by atoms with E-state index < -0.39 is 18.4 Å². The number of aliphatic carboxylic acids is 1. The lowest BCUT2D eigenvalue weighted by atomic mass is 10.2. The van der Waals surface area contributed by atoms with Crippen LogP contribution in [0.1, 0.15) is 5.56 Å². The summed E-state index contributed by atoms with van der Waals surface area (Å²) in [6.45, 7) is -0.513. The van der Waals surface area contributed by atoms with Crippen molar-refractivity contribution in [2.75, 3.05) is 6.54 Å². The topological polar surface area (TPSA) is 60.4 Å². The number of nitrogens with zero attached hydrogens (tertiary/aromatic N) is 1. The van der Waals surface area contributed by atoms with Gasteiger partial charge in [-0.05, 0) is 23.8 Å².